The maximum Gasteiger partial charge on any atom is 0.258 e. The van der Waals surface area contributed by atoms with E-state index in [4.69, 9.17) is 16.1 Å². The van der Waals surface area contributed by atoms with E-state index in [0.29, 0.717) is 23.9 Å². The van der Waals surface area contributed by atoms with Crippen molar-refractivity contribution >= 4 is 23.2 Å². The Morgan fingerprint density at radius 3 is 2.85 bits per heavy atom. The van der Waals surface area contributed by atoms with E-state index in [2.05, 4.69) is 10.1 Å². The lowest BCUT2D eigenvalue weighted by atomic mass is 10.1. The third-order valence-electron chi connectivity index (χ3n) is 4.52. The van der Waals surface area contributed by atoms with Crippen LogP contribution in [0.3, 0.4) is 0 Å². The fourth-order valence-electron chi connectivity index (χ4n) is 3.11. The van der Waals surface area contributed by atoms with E-state index in [0.717, 1.165) is 11.1 Å². The summed E-state index contributed by atoms with van der Waals surface area (Å²) in [7, 11) is 0. The lowest BCUT2D eigenvalue weighted by Crippen LogP contribution is -2.24. The molecule has 26 heavy (non-hydrogen) atoms. The zero-order valence-corrected chi connectivity index (χ0v) is 14.7. The fourth-order valence-corrected chi connectivity index (χ4v) is 3.28. The van der Waals surface area contributed by atoms with E-state index in [9.17, 15) is 9.18 Å². The zero-order valence-electron chi connectivity index (χ0n) is 13.9. The summed E-state index contributed by atoms with van der Waals surface area (Å²) in [4.78, 5) is 18.4. The molecule has 1 aliphatic heterocycles. The number of nitrogens with zero attached hydrogens (tertiary/aromatic N) is 3. The van der Waals surface area contributed by atoms with E-state index >= 15 is 0 Å². The van der Waals surface area contributed by atoms with Crippen LogP contribution in [0.4, 0.5) is 10.1 Å². The van der Waals surface area contributed by atoms with Crippen molar-refractivity contribution in [3.63, 3.8) is 0 Å². The maximum absolute atomic E-state index is 13.4. The predicted octanol–water partition coefficient (Wildman–Crippen LogP) is 4.36. The molecule has 0 saturated carbocycles. The largest absolute Gasteiger partial charge is 0.334 e. The Morgan fingerprint density at radius 1 is 1.27 bits per heavy atom. The second-order valence-corrected chi connectivity index (χ2v) is 6.68. The molecule has 4 rings (SSSR count). The Bertz CT molecular complexity index is 988. The molecule has 132 valence electrons. The minimum atomic E-state index is -0.514. The quantitative estimate of drug-likeness (QED) is 0.686. The van der Waals surface area contributed by atoms with Gasteiger partial charge in [0.25, 0.3) is 5.89 Å². The van der Waals surface area contributed by atoms with Gasteiger partial charge in [-0.2, -0.15) is 4.98 Å². The zero-order chi connectivity index (χ0) is 18.3. The van der Waals surface area contributed by atoms with Crippen molar-refractivity contribution in [3.8, 4) is 11.5 Å². The van der Waals surface area contributed by atoms with E-state index in [-0.39, 0.29) is 23.3 Å². The van der Waals surface area contributed by atoms with Crippen molar-refractivity contribution in [2.75, 3.05) is 11.4 Å². The predicted molar refractivity (Wildman–Crippen MR) is 95.6 cm³/mol. The number of anilines is 1. The van der Waals surface area contributed by atoms with Crippen molar-refractivity contribution in [2.45, 2.75) is 19.3 Å². The number of rotatable bonds is 3. The molecule has 2 aromatic carbocycles. The number of hydrogen-bond acceptors (Lipinski definition) is 4. The molecule has 5 nitrogen and oxygen atoms in total. The molecular formula is C19H15ClFN3O2. The highest BCUT2D eigenvalue weighted by Gasteiger charge is 2.35. The van der Waals surface area contributed by atoms with Gasteiger partial charge >= 0.3 is 0 Å². The molecule has 0 bridgehead atoms. The molecule has 1 atom stereocenters. The molecule has 0 N–H and O–H groups in total. The van der Waals surface area contributed by atoms with Crippen LogP contribution in [0, 0.1) is 12.7 Å². The van der Waals surface area contributed by atoms with Crippen molar-refractivity contribution < 1.29 is 13.7 Å². The second kappa shape index (κ2) is 6.53. The number of carbonyl (C=O) groups is 1. The highest BCUT2D eigenvalue weighted by atomic mass is 35.5. The average Bonchev–Trinajstić information content (AvgIpc) is 3.25. The van der Waals surface area contributed by atoms with Gasteiger partial charge < -0.3 is 9.42 Å². The Labute approximate surface area is 154 Å². The maximum atomic E-state index is 13.4. The molecule has 0 radical (unpaired) electrons. The standard InChI is InChI=1S/C19H15ClFN3O2/c1-11-4-2-3-5-14(11)19-22-18(23-26-19)12-8-17(25)24(10-12)13-6-7-16(21)15(20)9-13/h2-7,9,12H,8,10H2,1H3. The highest BCUT2D eigenvalue weighted by Crippen LogP contribution is 2.33. The Balaban J connectivity index is 1.58. The molecule has 3 aromatic rings. The summed E-state index contributed by atoms with van der Waals surface area (Å²) in [6.07, 6.45) is 0.266. The topological polar surface area (TPSA) is 59.2 Å². The van der Waals surface area contributed by atoms with Gasteiger partial charge in [0.15, 0.2) is 5.82 Å². The first-order chi connectivity index (χ1) is 12.5. The molecule has 0 spiro atoms. The third kappa shape index (κ3) is 2.97. The van der Waals surface area contributed by atoms with Gasteiger partial charge in [0.1, 0.15) is 5.82 Å². The minimum absolute atomic E-state index is 0.0137. The lowest BCUT2D eigenvalue weighted by Gasteiger charge is -2.16. The number of hydrogen-bond donors (Lipinski definition) is 0. The summed E-state index contributed by atoms with van der Waals surface area (Å²) in [5, 5.41) is 4.05. The number of halogens is 2. The van der Waals surface area contributed by atoms with Crippen LogP contribution in [0.1, 0.15) is 23.7 Å². The number of aromatic nitrogens is 2. The van der Waals surface area contributed by atoms with Crippen LogP contribution in [-0.2, 0) is 4.79 Å². The van der Waals surface area contributed by atoms with Crippen molar-refractivity contribution in [3.05, 3.63) is 64.7 Å². The molecule has 1 aromatic heterocycles. The van der Waals surface area contributed by atoms with Gasteiger partial charge in [0.05, 0.1) is 5.02 Å². The SMILES string of the molecule is Cc1ccccc1-c1nc(C2CC(=O)N(c3ccc(F)c(Cl)c3)C2)no1. The summed E-state index contributed by atoms with van der Waals surface area (Å²) in [5.41, 5.74) is 2.47. The van der Waals surface area contributed by atoms with Gasteiger partial charge in [-0.15, -0.1) is 0 Å². The Hall–Kier alpha value is -2.73. The molecule has 1 fully saturated rings. The van der Waals surface area contributed by atoms with Crippen molar-refractivity contribution in [2.24, 2.45) is 0 Å². The van der Waals surface area contributed by atoms with Crippen LogP contribution in [0.15, 0.2) is 47.0 Å². The summed E-state index contributed by atoms with van der Waals surface area (Å²) in [6.45, 7) is 2.37. The normalized spacial score (nSPS) is 17.1. The molecule has 0 aliphatic carbocycles. The Kier molecular flexibility index (Phi) is 4.20. The molecule has 1 amide bonds. The monoisotopic (exact) mass is 371 g/mol. The number of benzene rings is 2. The summed E-state index contributed by atoms with van der Waals surface area (Å²) in [5.74, 6) is 0.147. The number of aryl methyl sites for hydroxylation is 1. The second-order valence-electron chi connectivity index (χ2n) is 6.28. The van der Waals surface area contributed by atoms with Crippen molar-refractivity contribution in [1.29, 1.82) is 0 Å². The van der Waals surface area contributed by atoms with Crippen LogP contribution < -0.4 is 4.90 Å². The van der Waals surface area contributed by atoms with Gasteiger partial charge in [0.2, 0.25) is 5.91 Å². The summed E-state index contributed by atoms with van der Waals surface area (Å²) in [6, 6.07) is 12.0. The molecule has 2 heterocycles. The van der Waals surface area contributed by atoms with E-state index in [1.165, 1.54) is 18.2 Å². The van der Waals surface area contributed by atoms with Crippen LogP contribution in [0.2, 0.25) is 5.02 Å². The number of amides is 1. The van der Waals surface area contributed by atoms with Gasteiger partial charge in [-0.1, -0.05) is 35.0 Å². The molecule has 1 aliphatic rings. The van der Waals surface area contributed by atoms with Crippen LogP contribution >= 0.6 is 11.6 Å². The first kappa shape index (κ1) is 16.7. The summed E-state index contributed by atoms with van der Waals surface area (Å²) >= 11 is 5.83. The average molecular weight is 372 g/mol. The first-order valence-electron chi connectivity index (χ1n) is 8.18. The van der Waals surface area contributed by atoms with Crippen LogP contribution in [0.25, 0.3) is 11.5 Å². The molecule has 1 saturated heterocycles. The fraction of sp³-hybridized carbons (Fsp3) is 0.211. The minimum Gasteiger partial charge on any atom is -0.334 e. The first-order valence-corrected chi connectivity index (χ1v) is 8.56. The van der Waals surface area contributed by atoms with Gasteiger partial charge in [-0.3, -0.25) is 4.79 Å². The van der Waals surface area contributed by atoms with Gasteiger partial charge in [-0.25, -0.2) is 4.39 Å². The van der Waals surface area contributed by atoms with Crippen LogP contribution in [0.5, 0.6) is 0 Å². The third-order valence-corrected chi connectivity index (χ3v) is 4.81. The molecular weight excluding hydrogens is 357 g/mol. The molecule has 7 heteroatoms. The van der Waals surface area contributed by atoms with E-state index in [1.54, 1.807) is 4.90 Å². The smallest absolute Gasteiger partial charge is 0.258 e. The van der Waals surface area contributed by atoms with Gasteiger partial charge in [-0.05, 0) is 36.8 Å². The Morgan fingerprint density at radius 2 is 2.08 bits per heavy atom. The van der Waals surface area contributed by atoms with Crippen molar-refractivity contribution in [1.82, 2.24) is 10.1 Å². The molecule has 1 unspecified atom stereocenters. The van der Waals surface area contributed by atoms with Gasteiger partial charge in [0, 0.05) is 30.1 Å². The van der Waals surface area contributed by atoms with E-state index < -0.39 is 5.82 Å². The summed E-state index contributed by atoms with van der Waals surface area (Å²) < 4.78 is 18.7. The van der Waals surface area contributed by atoms with E-state index in [1.807, 2.05) is 31.2 Å². The number of carbonyl (C=O) groups excluding carboxylic acids is 1. The lowest BCUT2D eigenvalue weighted by molar-refractivity contribution is -0.117. The highest BCUT2D eigenvalue weighted by molar-refractivity contribution is 6.31. The van der Waals surface area contributed by atoms with Crippen LogP contribution in [-0.4, -0.2) is 22.6 Å².